The van der Waals surface area contributed by atoms with Crippen LogP contribution >= 0.6 is 0 Å². The fourth-order valence-electron chi connectivity index (χ4n) is 9.31. The summed E-state index contributed by atoms with van der Waals surface area (Å²) < 4.78 is 2.52. The summed E-state index contributed by atoms with van der Waals surface area (Å²) in [5.74, 6) is 0. The number of aromatic nitrogens is 1. The Labute approximate surface area is 299 Å². The van der Waals surface area contributed by atoms with E-state index in [9.17, 15) is 0 Å². The Kier molecular flexibility index (Phi) is 5.53. The van der Waals surface area contributed by atoms with E-state index in [4.69, 9.17) is 0 Å². The normalized spacial score (nSPS) is 12.2. The topological polar surface area (TPSA) is 7.65 Å². The highest BCUT2D eigenvalue weighted by molar-refractivity contribution is 6.35. The van der Waals surface area contributed by atoms with Crippen LogP contribution in [0.1, 0.15) is 0 Å². The van der Waals surface area contributed by atoms with E-state index < -0.39 is 0 Å². The van der Waals surface area contributed by atoms with Gasteiger partial charge in [-0.15, -0.1) is 0 Å². The molecule has 0 bridgehead atoms. The monoisotopic (exact) mass is 658 g/mol. The molecule has 0 N–H and O–H groups in total. The highest BCUT2D eigenvalue weighted by atomic mass is 15.1. The van der Waals surface area contributed by atoms with Crippen LogP contribution in [0, 0.1) is 0 Å². The lowest BCUT2D eigenvalue weighted by atomic mass is 9.93. The summed E-state index contributed by atoms with van der Waals surface area (Å²) in [5, 5.41) is 17.8. The molecule has 0 amide bonds. The van der Waals surface area contributed by atoms with Crippen LogP contribution in [0.3, 0.4) is 0 Å². The molecular formula is C50H30N2. The molecule has 0 aliphatic heterocycles. The first-order valence-electron chi connectivity index (χ1n) is 18.0. The van der Waals surface area contributed by atoms with E-state index in [0.717, 1.165) is 11.4 Å². The number of nitrogens with zero attached hydrogens (tertiary/aromatic N) is 2. The van der Waals surface area contributed by atoms with Crippen molar-refractivity contribution in [2.45, 2.75) is 0 Å². The summed E-state index contributed by atoms with van der Waals surface area (Å²) in [6.07, 6.45) is 0. The maximum atomic E-state index is 2.52. The minimum absolute atomic E-state index is 1.13. The first-order valence-corrected chi connectivity index (χ1v) is 18.0. The van der Waals surface area contributed by atoms with Gasteiger partial charge in [0.25, 0.3) is 0 Å². The SMILES string of the molecule is c1ccc(N(c2ccc3c4ccccc4c4ccccc4c3c2)c2cc3c4ccccc4n4c5ccccc5c5cccc6ccc2c(c65)c34)cc1. The standard InChI is InChI=1S/C50H30N2/c1-2-14-32(15-3-1)51(33-26-28-38-36-18-5-4-16-34(36)35-17-6-7-19-37(35)43(38)29-33)47-30-44-40-21-9-11-24-46(40)52-45-23-10-8-20-39(45)41-22-12-13-31-25-27-42(47)49(48(31)41)50(44)52/h1-30H. The van der Waals surface area contributed by atoms with Gasteiger partial charge in [-0.3, -0.25) is 0 Å². The Morgan fingerprint density at radius 3 is 1.54 bits per heavy atom. The summed E-state index contributed by atoms with van der Waals surface area (Å²) in [7, 11) is 0. The summed E-state index contributed by atoms with van der Waals surface area (Å²) in [6, 6.07) is 67.4. The number of hydrogen-bond donors (Lipinski definition) is 0. The van der Waals surface area contributed by atoms with Crippen molar-refractivity contribution >= 4 is 109 Å². The third-order valence-corrected chi connectivity index (χ3v) is 11.4. The Balaban J connectivity index is 1.28. The third-order valence-electron chi connectivity index (χ3n) is 11.4. The number of rotatable bonds is 3. The molecule has 0 saturated carbocycles. The molecule has 2 heteroatoms. The third kappa shape index (κ3) is 3.63. The van der Waals surface area contributed by atoms with Gasteiger partial charge >= 0.3 is 0 Å². The molecule has 0 radical (unpaired) electrons. The van der Waals surface area contributed by atoms with E-state index in [1.54, 1.807) is 0 Å². The summed E-state index contributed by atoms with van der Waals surface area (Å²) >= 11 is 0. The smallest absolute Gasteiger partial charge is 0.0627 e. The van der Waals surface area contributed by atoms with E-state index in [2.05, 4.69) is 191 Å². The molecular weight excluding hydrogens is 629 g/mol. The van der Waals surface area contributed by atoms with Crippen molar-refractivity contribution in [3.8, 4) is 0 Å². The first kappa shape index (κ1) is 27.9. The molecule has 2 heterocycles. The lowest BCUT2D eigenvalue weighted by Crippen LogP contribution is -2.10. The Morgan fingerprint density at radius 1 is 0.308 bits per heavy atom. The van der Waals surface area contributed by atoms with Gasteiger partial charge in [0.1, 0.15) is 0 Å². The molecule has 0 fully saturated rings. The second-order valence-corrected chi connectivity index (χ2v) is 14.0. The molecule has 0 saturated heterocycles. The van der Waals surface area contributed by atoms with Crippen LogP contribution in [-0.4, -0.2) is 4.40 Å². The molecule has 0 unspecified atom stereocenters. The van der Waals surface area contributed by atoms with Gasteiger partial charge in [-0.2, -0.15) is 0 Å². The van der Waals surface area contributed by atoms with Crippen LogP contribution in [0.2, 0.25) is 0 Å². The highest BCUT2D eigenvalue weighted by Gasteiger charge is 2.24. The van der Waals surface area contributed by atoms with Crippen molar-refractivity contribution in [1.82, 2.24) is 4.40 Å². The molecule has 2 nitrogen and oxygen atoms in total. The van der Waals surface area contributed by atoms with Crippen LogP contribution in [-0.2, 0) is 0 Å². The van der Waals surface area contributed by atoms with Gasteiger partial charge in [-0.05, 0) is 90.9 Å². The molecule has 52 heavy (non-hydrogen) atoms. The second-order valence-electron chi connectivity index (χ2n) is 14.0. The minimum Gasteiger partial charge on any atom is -0.310 e. The lowest BCUT2D eigenvalue weighted by Gasteiger charge is -2.28. The van der Waals surface area contributed by atoms with Crippen molar-refractivity contribution in [3.63, 3.8) is 0 Å². The van der Waals surface area contributed by atoms with Gasteiger partial charge in [0.15, 0.2) is 0 Å². The zero-order valence-electron chi connectivity index (χ0n) is 28.2. The van der Waals surface area contributed by atoms with E-state index in [-0.39, 0.29) is 0 Å². The molecule has 12 rings (SSSR count). The van der Waals surface area contributed by atoms with E-state index >= 15 is 0 Å². The van der Waals surface area contributed by atoms with Gasteiger partial charge in [0.2, 0.25) is 0 Å². The number of para-hydroxylation sites is 3. The van der Waals surface area contributed by atoms with E-state index in [1.807, 2.05) is 0 Å². The second kappa shape index (κ2) is 10.3. The fraction of sp³-hybridized carbons (Fsp3) is 0. The molecule has 0 spiro atoms. The molecule has 240 valence electrons. The lowest BCUT2D eigenvalue weighted by molar-refractivity contribution is 1.31. The molecule has 0 aliphatic rings. The van der Waals surface area contributed by atoms with E-state index in [1.165, 1.54) is 97.6 Å². The first-order chi connectivity index (χ1) is 25.8. The summed E-state index contributed by atoms with van der Waals surface area (Å²) in [4.78, 5) is 2.48. The van der Waals surface area contributed by atoms with Gasteiger partial charge < -0.3 is 9.30 Å². The van der Waals surface area contributed by atoms with Gasteiger partial charge in [0, 0.05) is 38.3 Å². The van der Waals surface area contributed by atoms with Crippen LogP contribution in [0.25, 0.3) is 92.0 Å². The maximum absolute atomic E-state index is 2.52. The number of benzene rings is 10. The fourth-order valence-corrected chi connectivity index (χ4v) is 9.31. The molecule has 10 aromatic carbocycles. The van der Waals surface area contributed by atoms with Crippen LogP contribution < -0.4 is 4.90 Å². The zero-order chi connectivity index (χ0) is 33.9. The van der Waals surface area contributed by atoms with Crippen LogP contribution in [0.4, 0.5) is 17.1 Å². The van der Waals surface area contributed by atoms with E-state index in [0.29, 0.717) is 0 Å². The Bertz CT molecular complexity index is 3370. The van der Waals surface area contributed by atoms with Crippen LogP contribution in [0.5, 0.6) is 0 Å². The van der Waals surface area contributed by atoms with Crippen molar-refractivity contribution < 1.29 is 0 Å². The number of fused-ring (bicyclic) bond motifs is 12. The zero-order valence-corrected chi connectivity index (χ0v) is 28.2. The van der Waals surface area contributed by atoms with Gasteiger partial charge in [-0.1, -0.05) is 140 Å². The highest BCUT2D eigenvalue weighted by Crippen LogP contribution is 2.49. The van der Waals surface area contributed by atoms with Gasteiger partial charge in [-0.25, -0.2) is 0 Å². The molecule has 2 aromatic heterocycles. The Morgan fingerprint density at radius 2 is 0.846 bits per heavy atom. The van der Waals surface area contributed by atoms with Crippen molar-refractivity contribution in [2.75, 3.05) is 4.90 Å². The largest absolute Gasteiger partial charge is 0.310 e. The Hall–Kier alpha value is -6.90. The van der Waals surface area contributed by atoms with Crippen molar-refractivity contribution in [2.24, 2.45) is 0 Å². The molecule has 0 atom stereocenters. The molecule has 0 aliphatic carbocycles. The van der Waals surface area contributed by atoms with Gasteiger partial charge in [0.05, 0.1) is 22.2 Å². The molecule has 12 aromatic rings. The number of anilines is 3. The minimum atomic E-state index is 1.13. The van der Waals surface area contributed by atoms with Crippen LogP contribution in [0.15, 0.2) is 182 Å². The maximum Gasteiger partial charge on any atom is 0.0627 e. The average Bonchev–Trinajstić information content (AvgIpc) is 3.48. The average molecular weight is 659 g/mol. The predicted molar refractivity (Wildman–Crippen MR) is 223 cm³/mol. The summed E-state index contributed by atoms with van der Waals surface area (Å²) in [6.45, 7) is 0. The number of hydrogen-bond acceptors (Lipinski definition) is 1. The quantitative estimate of drug-likeness (QED) is 0.171. The predicted octanol–water partition coefficient (Wildman–Crippen LogP) is 14.1. The summed E-state index contributed by atoms with van der Waals surface area (Å²) in [5.41, 5.74) is 7.15. The van der Waals surface area contributed by atoms with Crippen molar-refractivity contribution in [3.05, 3.63) is 182 Å². The van der Waals surface area contributed by atoms with Crippen molar-refractivity contribution in [1.29, 1.82) is 0 Å².